The number of nitrogens with zero attached hydrogens (tertiary/aromatic N) is 1. The Morgan fingerprint density at radius 3 is 2.61 bits per heavy atom. The first kappa shape index (κ1) is 17.4. The fraction of sp³-hybridized carbons (Fsp3) is 0.611. The van der Waals surface area contributed by atoms with E-state index in [1.807, 2.05) is 6.07 Å². The summed E-state index contributed by atoms with van der Waals surface area (Å²) in [5, 5.41) is 0. The number of hydrogen-bond acceptors (Lipinski definition) is 4. The van der Waals surface area contributed by atoms with E-state index in [-0.39, 0.29) is 5.91 Å². The van der Waals surface area contributed by atoms with E-state index in [2.05, 4.69) is 11.8 Å². The Balaban J connectivity index is 2.03. The monoisotopic (exact) mass is 320 g/mol. The van der Waals surface area contributed by atoms with Crippen molar-refractivity contribution < 1.29 is 14.3 Å². The number of hydrogen-bond donors (Lipinski definition) is 1. The molecule has 1 unspecified atom stereocenters. The van der Waals surface area contributed by atoms with Gasteiger partial charge >= 0.3 is 0 Å². The summed E-state index contributed by atoms with van der Waals surface area (Å²) in [6.07, 6.45) is 5.60. The molecule has 1 saturated heterocycles. The summed E-state index contributed by atoms with van der Waals surface area (Å²) >= 11 is 0. The van der Waals surface area contributed by atoms with Crippen LogP contribution < -0.4 is 15.2 Å². The first-order valence-corrected chi connectivity index (χ1v) is 8.40. The van der Waals surface area contributed by atoms with E-state index in [0.29, 0.717) is 36.1 Å². The zero-order chi connectivity index (χ0) is 16.8. The fourth-order valence-electron chi connectivity index (χ4n) is 3.29. The van der Waals surface area contributed by atoms with Crippen LogP contribution in [-0.2, 0) is 11.2 Å². The highest BCUT2D eigenvalue weighted by Crippen LogP contribution is 2.32. The second kappa shape index (κ2) is 8.09. The number of amides is 1. The Morgan fingerprint density at radius 1 is 1.26 bits per heavy atom. The number of piperidine rings is 1. The maximum Gasteiger partial charge on any atom is 0.223 e. The van der Waals surface area contributed by atoms with Gasteiger partial charge in [-0.1, -0.05) is 6.92 Å². The number of aryl methyl sites for hydroxylation is 1. The predicted octanol–water partition coefficient (Wildman–Crippen LogP) is 3.01. The van der Waals surface area contributed by atoms with Gasteiger partial charge in [-0.05, 0) is 43.7 Å². The fourth-order valence-corrected chi connectivity index (χ4v) is 3.29. The minimum absolute atomic E-state index is 0.228. The highest BCUT2D eigenvalue weighted by Gasteiger charge is 2.25. The van der Waals surface area contributed by atoms with Gasteiger partial charge in [-0.25, -0.2) is 0 Å². The average molecular weight is 320 g/mol. The van der Waals surface area contributed by atoms with Crippen molar-refractivity contribution in [3.05, 3.63) is 17.7 Å². The molecule has 128 valence electrons. The predicted molar refractivity (Wildman–Crippen MR) is 91.9 cm³/mol. The van der Waals surface area contributed by atoms with Crippen LogP contribution in [0, 0.1) is 0 Å². The number of nitrogen functional groups attached to an aromatic ring is 1. The molecule has 2 rings (SSSR count). The second-order valence-electron chi connectivity index (χ2n) is 6.05. The molecule has 0 aromatic heterocycles. The lowest BCUT2D eigenvalue weighted by atomic mass is 9.98. The van der Waals surface area contributed by atoms with Gasteiger partial charge in [0.15, 0.2) is 11.5 Å². The van der Waals surface area contributed by atoms with E-state index in [4.69, 9.17) is 15.2 Å². The van der Waals surface area contributed by atoms with Crippen molar-refractivity contribution in [3.8, 4) is 11.5 Å². The van der Waals surface area contributed by atoms with Crippen LogP contribution in [-0.4, -0.2) is 37.6 Å². The van der Waals surface area contributed by atoms with E-state index in [1.165, 1.54) is 6.42 Å². The number of methoxy groups -OCH3 is 2. The minimum atomic E-state index is 0.228. The normalized spacial score (nSPS) is 17.9. The number of anilines is 1. The quantitative estimate of drug-likeness (QED) is 0.818. The molecule has 0 bridgehead atoms. The first-order valence-electron chi connectivity index (χ1n) is 8.40. The molecule has 1 heterocycles. The molecule has 1 fully saturated rings. The molecular formula is C18H28N2O3. The molecule has 5 nitrogen and oxygen atoms in total. The smallest absolute Gasteiger partial charge is 0.223 e. The highest BCUT2D eigenvalue weighted by molar-refractivity contribution is 5.77. The van der Waals surface area contributed by atoms with Crippen molar-refractivity contribution >= 4 is 11.6 Å². The Kier molecular flexibility index (Phi) is 6.13. The molecule has 1 aliphatic rings. The van der Waals surface area contributed by atoms with Gasteiger partial charge in [-0.3, -0.25) is 4.79 Å². The van der Waals surface area contributed by atoms with E-state index < -0.39 is 0 Å². The number of rotatable bonds is 6. The summed E-state index contributed by atoms with van der Waals surface area (Å²) in [5.41, 5.74) is 7.65. The average Bonchev–Trinajstić information content (AvgIpc) is 2.59. The number of carbonyl (C=O) groups excluding carboxylic acids is 1. The third-order valence-corrected chi connectivity index (χ3v) is 4.67. The van der Waals surface area contributed by atoms with Gasteiger partial charge in [-0.2, -0.15) is 0 Å². The molecule has 1 aromatic carbocycles. The number of benzene rings is 1. The summed E-state index contributed by atoms with van der Waals surface area (Å²) in [4.78, 5) is 14.6. The third kappa shape index (κ3) is 4.09. The van der Waals surface area contributed by atoms with E-state index in [1.54, 1.807) is 20.3 Å². The Hall–Kier alpha value is -1.91. The van der Waals surface area contributed by atoms with Crippen LogP contribution in [0.25, 0.3) is 0 Å². The summed E-state index contributed by atoms with van der Waals surface area (Å²) in [6, 6.07) is 4.03. The lowest BCUT2D eigenvalue weighted by Gasteiger charge is -2.35. The van der Waals surface area contributed by atoms with Crippen molar-refractivity contribution in [2.24, 2.45) is 0 Å². The van der Waals surface area contributed by atoms with Crippen LogP contribution in [0.15, 0.2) is 12.1 Å². The lowest BCUT2D eigenvalue weighted by Crippen LogP contribution is -2.43. The molecule has 1 atom stereocenters. The molecule has 0 aliphatic carbocycles. The molecule has 0 radical (unpaired) electrons. The topological polar surface area (TPSA) is 64.8 Å². The largest absolute Gasteiger partial charge is 0.493 e. The summed E-state index contributed by atoms with van der Waals surface area (Å²) in [7, 11) is 3.18. The second-order valence-corrected chi connectivity index (χ2v) is 6.05. The highest BCUT2D eigenvalue weighted by atomic mass is 16.5. The van der Waals surface area contributed by atoms with Gasteiger partial charge in [-0.15, -0.1) is 0 Å². The number of ether oxygens (including phenoxy) is 2. The molecule has 1 aliphatic heterocycles. The van der Waals surface area contributed by atoms with Gasteiger partial charge in [0.2, 0.25) is 5.91 Å². The van der Waals surface area contributed by atoms with Crippen molar-refractivity contribution in [1.29, 1.82) is 0 Å². The van der Waals surface area contributed by atoms with Crippen LogP contribution in [0.3, 0.4) is 0 Å². The number of carbonyl (C=O) groups is 1. The number of likely N-dealkylation sites (tertiary alicyclic amines) is 1. The SMILES string of the molecule is CCC1CCCCN1C(=O)CCc1cc(OC)c(OC)cc1N. The molecule has 2 N–H and O–H groups in total. The molecular weight excluding hydrogens is 292 g/mol. The lowest BCUT2D eigenvalue weighted by molar-refractivity contribution is -0.134. The van der Waals surface area contributed by atoms with Crippen LogP contribution in [0.5, 0.6) is 11.5 Å². The van der Waals surface area contributed by atoms with Gasteiger partial charge in [0, 0.05) is 30.8 Å². The summed E-state index contributed by atoms with van der Waals surface area (Å²) in [5.74, 6) is 1.49. The summed E-state index contributed by atoms with van der Waals surface area (Å²) < 4.78 is 10.6. The Morgan fingerprint density at radius 2 is 1.96 bits per heavy atom. The standard InChI is InChI=1S/C18H28N2O3/c1-4-14-7-5-6-10-20(14)18(21)9-8-13-11-16(22-2)17(23-3)12-15(13)19/h11-12,14H,4-10,19H2,1-3H3. The summed E-state index contributed by atoms with van der Waals surface area (Å²) in [6.45, 7) is 3.04. The van der Waals surface area contributed by atoms with Gasteiger partial charge in [0.25, 0.3) is 0 Å². The molecule has 5 heteroatoms. The van der Waals surface area contributed by atoms with Gasteiger partial charge in [0.05, 0.1) is 14.2 Å². The minimum Gasteiger partial charge on any atom is -0.493 e. The van der Waals surface area contributed by atoms with Crippen molar-refractivity contribution in [1.82, 2.24) is 4.90 Å². The van der Waals surface area contributed by atoms with Gasteiger partial charge < -0.3 is 20.1 Å². The first-order chi connectivity index (χ1) is 11.1. The third-order valence-electron chi connectivity index (χ3n) is 4.67. The molecule has 0 spiro atoms. The molecule has 0 saturated carbocycles. The Bertz CT molecular complexity index is 545. The van der Waals surface area contributed by atoms with Crippen LogP contribution in [0.4, 0.5) is 5.69 Å². The van der Waals surface area contributed by atoms with Crippen molar-refractivity contribution in [2.45, 2.75) is 51.5 Å². The molecule has 1 amide bonds. The number of nitrogens with two attached hydrogens (primary N) is 1. The van der Waals surface area contributed by atoms with Crippen molar-refractivity contribution in [2.75, 3.05) is 26.5 Å². The maximum absolute atomic E-state index is 12.6. The molecule has 23 heavy (non-hydrogen) atoms. The van der Waals surface area contributed by atoms with Crippen LogP contribution in [0.1, 0.15) is 44.6 Å². The van der Waals surface area contributed by atoms with E-state index >= 15 is 0 Å². The van der Waals surface area contributed by atoms with Crippen LogP contribution in [0.2, 0.25) is 0 Å². The zero-order valence-corrected chi connectivity index (χ0v) is 14.4. The van der Waals surface area contributed by atoms with Gasteiger partial charge in [0.1, 0.15) is 0 Å². The van der Waals surface area contributed by atoms with E-state index in [0.717, 1.165) is 31.4 Å². The van der Waals surface area contributed by atoms with E-state index in [9.17, 15) is 4.79 Å². The Labute approximate surface area is 138 Å². The van der Waals surface area contributed by atoms with Crippen LogP contribution >= 0.6 is 0 Å². The van der Waals surface area contributed by atoms with Crippen molar-refractivity contribution in [3.63, 3.8) is 0 Å². The molecule has 1 aromatic rings. The zero-order valence-electron chi connectivity index (χ0n) is 14.4. The maximum atomic E-state index is 12.6.